The van der Waals surface area contributed by atoms with Crippen molar-refractivity contribution in [1.82, 2.24) is 15.5 Å². The highest BCUT2D eigenvalue weighted by Gasteiger charge is 2.15. The molecule has 2 amide bonds. The monoisotopic (exact) mass is 426 g/mol. The Bertz CT molecular complexity index is 980. The SMILES string of the molecule is Cc1ccc(C(=O)Nc2cccc(CNC(=O)c3n[nH]c(C)c3Br)c2)cc1. The second-order valence-electron chi connectivity index (χ2n) is 6.21. The van der Waals surface area contributed by atoms with Crippen molar-refractivity contribution >= 4 is 33.4 Å². The van der Waals surface area contributed by atoms with Gasteiger partial charge in [-0.1, -0.05) is 29.8 Å². The van der Waals surface area contributed by atoms with Gasteiger partial charge in [-0.15, -0.1) is 0 Å². The highest BCUT2D eigenvalue weighted by atomic mass is 79.9. The summed E-state index contributed by atoms with van der Waals surface area (Å²) in [5.74, 6) is -0.451. The summed E-state index contributed by atoms with van der Waals surface area (Å²) in [5.41, 5.74) is 4.34. The fraction of sp³-hybridized carbons (Fsp3) is 0.150. The molecule has 3 N–H and O–H groups in total. The average molecular weight is 427 g/mol. The number of H-pyrrole nitrogens is 1. The van der Waals surface area contributed by atoms with Gasteiger partial charge in [0.15, 0.2) is 5.69 Å². The van der Waals surface area contributed by atoms with Gasteiger partial charge in [0.05, 0.1) is 4.47 Å². The van der Waals surface area contributed by atoms with Crippen LogP contribution in [0.15, 0.2) is 53.0 Å². The van der Waals surface area contributed by atoms with Gasteiger partial charge >= 0.3 is 0 Å². The fourth-order valence-corrected chi connectivity index (χ4v) is 2.86. The fourth-order valence-electron chi connectivity index (χ4n) is 2.50. The normalized spacial score (nSPS) is 10.5. The number of carbonyl (C=O) groups excluding carboxylic acids is 2. The predicted octanol–water partition coefficient (Wildman–Crippen LogP) is 3.97. The Kier molecular flexibility index (Phi) is 5.71. The zero-order valence-electron chi connectivity index (χ0n) is 15.0. The molecule has 27 heavy (non-hydrogen) atoms. The molecule has 0 aliphatic heterocycles. The number of benzene rings is 2. The number of aromatic amines is 1. The lowest BCUT2D eigenvalue weighted by Gasteiger charge is -2.09. The van der Waals surface area contributed by atoms with Gasteiger partial charge in [-0.05, 0) is 59.6 Å². The van der Waals surface area contributed by atoms with Crippen molar-refractivity contribution in [3.63, 3.8) is 0 Å². The van der Waals surface area contributed by atoms with Crippen molar-refractivity contribution in [1.29, 1.82) is 0 Å². The molecule has 3 rings (SSSR count). The first kappa shape index (κ1) is 18.8. The van der Waals surface area contributed by atoms with E-state index in [9.17, 15) is 9.59 Å². The molecule has 2 aromatic carbocycles. The number of nitrogens with one attached hydrogen (secondary N) is 3. The van der Waals surface area contributed by atoms with Gasteiger partial charge in [-0.25, -0.2) is 0 Å². The van der Waals surface area contributed by atoms with Crippen LogP contribution >= 0.6 is 15.9 Å². The van der Waals surface area contributed by atoms with E-state index in [0.29, 0.717) is 28.0 Å². The molecular formula is C20H19BrN4O2. The molecule has 6 nitrogen and oxygen atoms in total. The number of nitrogens with zero attached hydrogens (tertiary/aromatic N) is 1. The maximum atomic E-state index is 12.3. The van der Waals surface area contributed by atoms with Crippen LogP contribution in [0.3, 0.4) is 0 Å². The minimum absolute atomic E-state index is 0.174. The number of carbonyl (C=O) groups is 2. The lowest BCUT2D eigenvalue weighted by atomic mass is 10.1. The number of hydrogen-bond donors (Lipinski definition) is 3. The maximum absolute atomic E-state index is 12.3. The maximum Gasteiger partial charge on any atom is 0.273 e. The predicted molar refractivity (Wildman–Crippen MR) is 108 cm³/mol. The zero-order chi connectivity index (χ0) is 19.4. The highest BCUT2D eigenvalue weighted by molar-refractivity contribution is 9.10. The quantitative estimate of drug-likeness (QED) is 0.576. The average Bonchev–Trinajstić information content (AvgIpc) is 2.99. The molecule has 3 aromatic rings. The van der Waals surface area contributed by atoms with Gasteiger partial charge in [0.1, 0.15) is 0 Å². The first-order valence-corrected chi connectivity index (χ1v) is 9.19. The number of hydrogen-bond acceptors (Lipinski definition) is 3. The third-order valence-corrected chi connectivity index (χ3v) is 5.01. The van der Waals surface area contributed by atoms with Crippen LogP contribution < -0.4 is 10.6 Å². The summed E-state index contributed by atoms with van der Waals surface area (Å²) in [5, 5.41) is 12.4. The smallest absolute Gasteiger partial charge is 0.273 e. The van der Waals surface area contributed by atoms with Crippen LogP contribution in [0.2, 0.25) is 0 Å². The number of anilines is 1. The molecule has 0 bridgehead atoms. The molecular weight excluding hydrogens is 408 g/mol. The van der Waals surface area contributed by atoms with E-state index in [-0.39, 0.29) is 11.8 Å². The van der Waals surface area contributed by atoms with Crippen LogP contribution in [0.25, 0.3) is 0 Å². The molecule has 0 atom stereocenters. The Labute approximate surface area is 165 Å². The van der Waals surface area contributed by atoms with Crippen molar-refractivity contribution in [3.8, 4) is 0 Å². The number of aromatic nitrogens is 2. The van der Waals surface area contributed by atoms with Crippen LogP contribution in [0.1, 0.15) is 37.7 Å². The van der Waals surface area contributed by atoms with Crippen molar-refractivity contribution < 1.29 is 9.59 Å². The van der Waals surface area contributed by atoms with Crippen LogP contribution in [0.5, 0.6) is 0 Å². The van der Waals surface area contributed by atoms with Gasteiger partial charge in [-0.2, -0.15) is 5.10 Å². The van der Waals surface area contributed by atoms with E-state index in [0.717, 1.165) is 16.8 Å². The van der Waals surface area contributed by atoms with Crippen molar-refractivity contribution in [2.24, 2.45) is 0 Å². The molecule has 0 radical (unpaired) electrons. The second kappa shape index (κ2) is 8.18. The molecule has 0 saturated heterocycles. The Hall–Kier alpha value is -2.93. The highest BCUT2D eigenvalue weighted by Crippen LogP contribution is 2.18. The molecule has 0 fully saturated rings. The molecule has 0 aliphatic carbocycles. The van der Waals surface area contributed by atoms with E-state index in [1.165, 1.54) is 0 Å². The lowest BCUT2D eigenvalue weighted by Crippen LogP contribution is -2.23. The van der Waals surface area contributed by atoms with Crippen molar-refractivity contribution in [2.45, 2.75) is 20.4 Å². The third-order valence-electron chi connectivity index (χ3n) is 4.04. The van der Waals surface area contributed by atoms with E-state index in [1.54, 1.807) is 12.1 Å². The summed E-state index contributed by atoms with van der Waals surface area (Å²) < 4.78 is 0.652. The Morgan fingerprint density at radius 3 is 2.48 bits per heavy atom. The molecule has 0 unspecified atom stereocenters. The van der Waals surface area contributed by atoms with E-state index in [2.05, 4.69) is 36.8 Å². The third kappa shape index (κ3) is 4.62. The van der Waals surface area contributed by atoms with Gasteiger partial charge in [0.25, 0.3) is 11.8 Å². The standard InChI is InChI=1S/C20H19BrN4O2/c1-12-6-8-15(9-7-12)19(26)23-16-5-3-4-14(10-16)11-22-20(27)18-17(21)13(2)24-25-18/h3-10H,11H2,1-2H3,(H,22,27)(H,23,26)(H,24,25). The first-order valence-electron chi connectivity index (χ1n) is 8.39. The van der Waals surface area contributed by atoms with Gasteiger partial charge in [0, 0.05) is 23.5 Å². The van der Waals surface area contributed by atoms with Crippen molar-refractivity contribution in [3.05, 3.63) is 81.1 Å². The molecule has 0 saturated carbocycles. The topological polar surface area (TPSA) is 86.9 Å². The number of halogens is 1. The summed E-state index contributed by atoms with van der Waals surface area (Å²) in [4.78, 5) is 24.6. The van der Waals surface area contributed by atoms with Crippen LogP contribution in [0, 0.1) is 13.8 Å². The van der Waals surface area contributed by atoms with Gasteiger partial charge in [-0.3, -0.25) is 14.7 Å². The summed E-state index contributed by atoms with van der Waals surface area (Å²) in [6.45, 7) is 4.13. The largest absolute Gasteiger partial charge is 0.347 e. The molecule has 7 heteroatoms. The number of rotatable bonds is 5. The van der Waals surface area contributed by atoms with E-state index in [1.807, 2.05) is 50.2 Å². The Balaban J connectivity index is 1.63. The zero-order valence-corrected chi connectivity index (χ0v) is 16.6. The Morgan fingerprint density at radius 1 is 1.07 bits per heavy atom. The number of aryl methyl sites for hydroxylation is 2. The molecule has 138 valence electrons. The van der Waals surface area contributed by atoms with E-state index < -0.39 is 0 Å². The molecule has 1 aromatic heterocycles. The minimum atomic E-state index is -0.277. The molecule has 0 aliphatic rings. The lowest BCUT2D eigenvalue weighted by molar-refractivity contribution is 0.0944. The first-order chi connectivity index (χ1) is 12.9. The van der Waals surface area contributed by atoms with Crippen LogP contribution in [0.4, 0.5) is 5.69 Å². The minimum Gasteiger partial charge on any atom is -0.347 e. The van der Waals surface area contributed by atoms with Crippen LogP contribution in [-0.2, 0) is 6.54 Å². The molecule has 1 heterocycles. The number of amides is 2. The van der Waals surface area contributed by atoms with Crippen LogP contribution in [-0.4, -0.2) is 22.0 Å². The summed E-state index contributed by atoms with van der Waals surface area (Å²) in [6, 6.07) is 14.7. The van der Waals surface area contributed by atoms with Gasteiger partial charge in [0.2, 0.25) is 0 Å². The summed E-state index contributed by atoms with van der Waals surface area (Å²) in [7, 11) is 0. The van der Waals surface area contributed by atoms with Crippen molar-refractivity contribution in [2.75, 3.05) is 5.32 Å². The Morgan fingerprint density at radius 2 is 1.81 bits per heavy atom. The molecule has 0 spiro atoms. The van der Waals surface area contributed by atoms with E-state index >= 15 is 0 Å². The van der Waals surface area contributed by atoms with Gasteiger partial charge < -0.3 is 10.6 Å². The summed E-state index contributed by atoms with van der Waals surface area (Å²) >= 11 is 3.34. The summed E-state index contributed by atoms with van der Waals surface area (Å²) in [6.07, 6.45) is 0. The van der Waals surface area contributed by atoms with E-state index in [4.69, 9.17) is 0 Å². The second-order valence-corrected chi connectivity index (χ2v) is 7.01.